The van der Waals surface area contributed by atoms with E-state index in [1.165, 1.54) is 9.87 Å². The van der Waals surface area contributed by atoms with Gasteiger partial charge < -0.3 is 5.32 Å². The molecule has 0 unspecified atom stereocenters. The van der Waals surface area contributed by atoms with Gasteiger partial charge in [0.15, 0.2) is 0 Å². The van der Waals surface area contributed by atoms with Crippen LogP contribution < -0.4 is 5.32 Å². The number of nitrogens with one attached hydrogen (secondary N) is 1. The minimum absolute atomic E-state index is 0.314. The van der Waals surface area contributed by atoms with Crippen LogP contribution in [-0.2, 0) is 36.1 Å². The molecule has 0 atom stereocenters. The van der Waals surface area contributed by atoms with Crippen molar-refractivity contribution < 1.29 is 8.42 Å². The second kappa shape index (κ2) is 9.78. The van der Waals surface area contributed by atoms with Crippen molar-refractivity contribution in [2.24, 2.45) is 0 Å². The van der Waals surface area contributed by atoms with E-state index in [1.54, 1.807) is 31.4 Å². The number of sulfonamides is 1. The highest BCUT2D eigenvalue weighted by atomic mass is 32.2. The van der Waals surface area contributed by atoms with Gasteiger partial charge >= 0.3 is 0 Å². The molecule has 3 aromatic rings. The Bertz CT molecular complexity index is 1040. The van der Waals surface area contributed by atoms with E-state index in [0.29, 0.717) is 24.5 Å². The van der Waals surface area contributed by atoms with Crippen LogP contribution in [-0.4, -0.2) is 24.8 Å². The lowest BCUT2D eigenvalue weighted by molar-refractivity contribution is 0.465. The van der Waals surface area contributed by atoms with Crippen LogP contribution in [0.4, 0.5) is 0 Å². The number of pyridine rings is 1. The molecule has 0 saturated heterocycles. The van der Waals surface area contributed by atoms with Gasteiger partial charge in [-0.25, -0.2) is 8.42 Å². The number of rotatable bonds is 9. The largest absolute Gasteiger partial charge is 0.309 e. The molecule has 0 fully saturated rings. The minimum Gasteiger partial charge on any atom is -0.309 e. The van der Waals surface area contributed by atoms with Crippen LogP contribution in [0.25, 0.3) is 0 Å². The monoisotopic (exact) mass is 409 g/mol. The van der Waals surface area contributed by atoms with E-state index in [4.69, 9.17) is 0 Å². The molecule has 152 valence electrons. The Balaban J connectivity index is 1.69. The molecular formula is C23H27N3O2S. The van der Waals surface area contributed by atoms with Gasteiger partial charge in [-0.3, -0.25) is 4.98 Å². The molecule has 6 heteroatoms. The molecule has 0 aliphatic carbocycles. The number of nitrogens with zero attached hydrogens (tertiary/aromatic N) is 2. The van der Waals surface area contributed by atoms with E-state index in [9.17, 15) is 8.42 Å². The van der Waals surface area contributed by atoms with Crippen molar-refractivity contribution in [1.82, 2.24) is 14.6 Å². The topological polar surface area (TPSA) is 62.3 Å². The second-order valence-corrected chi connectivity index (χ2v) is 9.04. The molecule has 0 spiro atoms. The molecule has 0 bridgehead atoms. The van der Waals surface area contributed by atoms with Crippen LogP contribution in [0.2, 0.25) is 0 Å². The number of hydrogen-bond acceptors (Lipinski definition) is 4. The van der Waals surface area contributed by atoms with Gasteiger partial charge in [-0.2, -0.15) is 4.31 Å². The first-order chi connectivity index (χ1) is 14.0. The zero-order valence-electron chi connectivity index (χ0n) is 16.9. The standard InChI is InChI=1S/C23H27N3O2S/c1-3-21-10-4-5-11-22(21)18-26(2)29(27,28)23-12-6-8-19(14-23)15-25-17-20-9-7-13-24-16-20/h4-14,16,25H,3,15,17-18H2,1-2H3. The maximum absolute atomic E-state index is 13.1. The maximum Gasteiger partial charge on any atom is 0.243 e. The van der Waals surface area contributed by atoms with Crippen LogP contribution in [0.3, 0.4) is 0 Å². The van der Waals surface area contributed by atoms with E-state index in [0.717, 1.165) is 23.1 Å². The van der Waals surface area contributed by atoms with Gasteiger partial charge in [0.1, 0.15) is 0 Å². The lowest BCUT2D eigenvalue weighted by Crippen LogP contribution is -2.27. The van der Waals surface area contributed by atoms with Crippen molar-refractivity contribution in [1.29, 1.82) is 0 Å². The summed E-state index contributed by atoms with van der Waals surface area (Å²) in [6, 6.07) is 19.0. The molecule has 0 aliphatic heterocycles. The molecule has 1 heterocycles. The van der Waals surface area contributed by atoms with Gasteiger partial charge in [-0.1, -0.05) is 49.4 Å². The quantitative estimate of drug-likeness (QED) is 0.585. The molecule has 0 saturated carbocycles. The first kappa shape index (κ1) is 21.2. The van der Waals surface area contributed by atoms with Crippen molar-refractivity contribution in [3.05, 3.63) is 95.3 Å². The predicted molar refractivity (Wildman–Crippen MR) is 116 cm³/mol. The van der Waals surface area contributed by atoms with Gasteiger partial charge in [0, 0.05) is 39.1 Å². The lowest BCUT2D eigenvalue weighted by Gasteiger charge is -2.19. The highest BCUT2D eigenvalue weighted by Crippen LogP contribution is 2.20. The number of aryl methyl sites for hydroxylation is 1. The molecular weight excluding hydrogens is 382 g/mol. The Morgan fingerprint density at radius 3 is 2.38 bits per heavy atom. The van der Waals surface area contributed by atoms with Gasteiger partial charge in [0.25, 0.3) is 0 Å². The first-order valence-corrected chi connectivity index (χ1v) is 11.2. The summed E-state index contributed by atoms with van der Waals surface area (Å²) >= 11 is 0. The number of benzene rings is 2. The summed E-state index contributed by atoms with van der Waals surface area (Å²) < 4.78 is 27.6. The van der Waals surface area contributed by atoms with Crippen molar-refractivity contribution in [2.75, 3.05) is 7.05 Å². The highest BCUT2D eigenvalue weighted by molar-refractivity contribution is 7.89. The van der Waals surface area contributed by atoms with Crippen molar-refractivity contribution in [3.8, 4) is 0 Å². The Morgan fingerprint density at radius 2 is 1.66 bits per heavy atom. The summed E-state index contributed by atoms with van der Waals surface area (Å²) in [7, 11) is -1.93. The summed E-state index contributed by atoms with van der Waals surface area (Å²) in [5.41, 5.74) is 4.22. The SMILES string of the molecule is CCc1ccccc1CN(C)S(=O)(=O)c1cccc(CNCc2cccnc2)c1. The summed E-state index contributed by atoms with van der Waals surface area (Å²) in [6.07, 6.45) is 4.44. The van der Waals surface area contributed by atoms with Crippen LogP contribution in [0.15, 0.2) is 78.0 Å². The Labute approximate surface area is 173 Å². The van der Waals surface area contributed by atoms with E-state index in [2.05, 4.69) is 17.2 Å². The van der Waals surface area contributed by atoms with Crippen LogP contribution in [0.1, 0.15) is 29.2 Å². The van der Waals surface area contributed by atoms with Crippen molar-refractivity contribution in [3.63, 3.8) is 0 Å². The van der Waals surface area contributed by atoms with E-state index in [1.807, 2.05) is 48.7 Å². The fraction of sp³-hybridized carbons (Fsp3) is 0.261. The summed E-state index contributed by atoms with van der Waals surface area (Å²) in [6.45, 7) is 3.70. The Morgan fingerprint density at radius 1 is 0.931 bits per heavy atom. The Hall–Kier alpha value is -2.54. The molecule has 0 radical (unpaired) electrons. The van der Waals surface area contributed by atoms with Crippen LogP contribution >= 0.6 is 0 Å². The zero-order valence-corrected chi connectivity index (χ0v) is 17.7. The summed E-state index contributed by atoms with van der Waals surface area (Å²) in [5.74, 6) is 0. The second-order valence-electron chi connectivity index (χ2n) is 7.00. The molecule has 0 aliphatic rings. The zero-order chi connectivity index (χ0) is 20.7. The third kappa shape index (κ3) is 5.50. The van der Waals surface area contributed by atoms with Gasteiger partial charge in [0.05, 0.1) is 4.90 Å². The third-order valence-electron chi connectivity index (χ3n) is 4.88. The molecule has 29 heavy (non-hydrogen) atoms. The lowest BCUT2D eigenvalue weighted by atomic mass is 10.1. The molecule has 3 rings (SSSR count). The molecule has 1 N–H and O–H groups in total. The van der Waals surface area contributed by atoms with Crippen molar-refractivity contribution in [2.45, 2.75) is 37.9 Å². The van der Waals surface area contributed by atoms with Crippen molar-refractivity contribution >= 4 is 10.0 Å². The minimum atomic E-state index is -3.57. The van der Waals surface area contributed by atoms with E-state index < -0.39 is 10.0 Å². The fourth-order valence-corrected chi connectivity index (χ4v) is 4.45. The third-order valence-corrected chi connectivity index (χ3v) is 6.68. The molecule has 0 amide bonds. The normalized spacial score (nSPS) is 11.7. The molecule has 5 nitrogen and oxygen atoms in total. The smallest absolute Gasteiger partial charge is 0.243 e. The molecule has 2 aromatic carbocycles. The number of aromatic nitrogens is 1. The van der Waals surface area contributed by atoms with Crippen LogP contribution in [0.5, 0.6) is 0 Å². The fourth-order valence-electron chi connectivity index (χ4n) is 3.23. The van der Waals surface area contributed by atoms with E-state index >= 15 is 0 Å². The van der Waals surface area contributed by atoms with Gasteiger partial charge in [0.2, 0.25) is 10.0 Å². The van der Waals surface area contributed by atoms with Gasteiger partial charge in [-0.05, 0) is 46.9 Å². The average molecular weight is 410 g/mol. The van der Waals surface area contributed by atoms with Gasteiger partial charge in [-0.15, -0.1) is 0 Å². The Kier molecular flexibility index (Phi) is 7.14. The highest BCUT2D eigenvalue weighted by Gasteiger charge is 2.21. The van der Waals surface area contributed by atoms with E-state index in [-0.39, 0.29) is 0 Å². The first-order valence-electron chi connectivity index (χ1n) is 9.72. The maximum atomic E-state index is 13.1. The number of hydrogen-bond donors (Lipinski definition) is 1. The summed E-state index contributed by atoms with van der Waals surface area (Å²) in [4.78, 5) is 4.41. The average Bonchev–Trinajstić information content (AvgIpc) is 2.75. The van der Waals surface area contributed by atoms with Crippen LogP contribution in [0, 0.1) is 0 Å². The predicted octanol–water partition coefficient (Wildman–Crippen LogP) is 3.75. The summed E-state index contributed by atoms with van der Waals surface area (Å²) in [5, 5.41) is 3.33. The molecule has 1 aromatic heterocycles.